The lowest BCUT2D eigenvalue weighted by molar-refractivity contribution is -0.159. The Labute approximate surface area is 114 Å². The summed E-state index contributed by atoms with van der Waals surface area (Å²) in [7, 11) is 0. The van der Waals surface area contributed by atoms with E-state index in [9.17, 15) is 20.1 Å². The zero-order chi connectivity index (χ0) is 13.9. The molecule has 0 aliphatic rings. The molecule has 0 aliphatic carbocycles. The van der Waals surface area contributed by atoms with Crippen LogP contribution in [-0.4, -0.2) is 34.0 Å². The Morgan fingerprint density at radius 2 is 1.83 bits per heavy atom. The first-order valence-electron chi connectivity index (χ1n) is 5.09. The Morgan fingerprint density at radius 1 is 1.33 bits per heavy atom. The van der Waals surface area contributed by atoms with Crippen molar-refractivity contribution < 1.29 is 24.9 Å². The monoisotopic (exact) mass is 294 g/mol. The van der Waals surface area contributed by atoms with Gasteiger partial charge < -0.3 is 20.1 Å². The highest BCUT2D eigenvalue weighted by atomic mass is 35.5. The molecule has 1 aromatic rings. The maximum absolute atomic E-state index is 11.2. The fraction of sp³-hybridized carbons (Fsp3) is 0.364. The number of aliphatic hydroxyl groups is 2. The number of hydrogen-bond donors (Lipinski definition) is 3. The van der Waals surface area contributed by atoms with Crippen molar-refractivity contribution in [1.82, 2.24) is 0 Å². The fourth-order valence-electron chi connectivity index (χ4n) is 1.29. The average Bonchev–Trinajstić information content (AvgIpc) is 2.33. The van der Waals surface area contributed by atoms with Crippen molar-refractivity contribution in [2.45, 2.75) is 19.1 Å². The van der Waals surface area contributed by atoms with E-state index in [4.69, 9.17) is 23.2 Å². The average molecular weight is 295 g/mol. The topological polar surface area (TPSA) is 87.0 Å². The van der Waals surface area contributed by atoms with Crippen LogP contribution in [0.2, 0.25) is 10.0 Å². The van der Waals surface area contributed by atoms with E-state index in [1.807, 2.05) is 0 Å². The summed E-state index contributed by atoms with van der Waals surface area (Å²) in [5.74, 6) is -1.29. The van der Waals surface area contributed by atoms with Crippen molar-refractivity contribution in [3.05, 3.63) is 27.7 Å². The van der Waals surface area contributed by atoms with Gasteiger partial charge in [0.2, 0.25) is 0 Å². The summed E-state index contributed by atoms with van der Waals surface area (Å²) in [5.41, 5.74) is 0.100. The van der Waals surface area contributed by atoms with Gasteiger partial charge in [-0.1, -0.05) is 23.2 Å². The molecule has 3 N–H and O–H groups in total. The molecule has 0 spiro atoms. The molecule has 0 fully saturated rings. The van der Waals surface area contributed by atoms with Gasteiger partial charge in [0.1, 0.15) is 6.10 Å². The Balaban J connectivity index is 2.97. The number of ether oxygens (including phenoxy) is 1. The van der Waals surface area contributed by atoms with E-state index in [1.54, 1.807) is 6.92 Å². The second-order valence-electron chi connectivity index (χ2n) is 3.47. The van der Waals surface area contributed by atoms with Crippen LogP contribution < -0.4 is 0 Å². The van der Waals surface area contributed by atoms with E-state index in [1.165, 1.54) is 12.1 Å². The van der Waals surface area contributed by atoms with Crippen LogP contribution in [0, 0.1) is 0 Å². The number of benzene rings is 1. The van der Waals surface area contributed by atoms with Crippen molar-refractivity contribution >= 4 is 29.2 Å². The molecule has 0 aromatic heterocycles. The van der Waals surface area contributed by atoms with E-state index in [0.29, 0.717) is 0 Å². The summed E-state index contributed by atoms with van der Waals surface area (Å²) in [6.07, 6.45) is -3.29. The third-order valence-electron chi connectivity index (χ3n) is 2.21. The molecule has 0 heterocycles. The van der Waals surface area contributed by atoms with Crippen molar-refractivity contribution in [1.29, 1.82) is 0 Å². The van der Waals surface area contributed by atoms with Crippen LogP contribution in [-0.2, 0) is 9.53 Å². The number of rotatable bonds is 4. The lowest BCUT2D eigenvalue weighted by Gasteiger charge is -2.17. The number of phenols is 1. The minimum Gasteiger partial charge on any atom is -0.505 e. The van der Waals surface area contributed by atoms with Crippen LogP contribution in [0.3, 0.4) is 0 Å². The van der Waals surface area contributed by atoms with Gasteiger partial charge in [-0.3, -0.25) is 0 Å². The van der Waals surface area contributed by atoms with Crippen LogP contribution in [0.4, 0.5) is 0 Å². The first-order chi connectivity index (χ1) is 8.38. The van der Waals surface area contributed by atoms with Gasteiger partial charge in [0.15, 0.2) is 11.9 Å². The zero-order valence-electron chi connectivity index (χ0n) is 9.43. The van der Waals surface area contributed by atoms with Crippen LogP contribution >= 0.6 is 23.2 Å². The normalized spacial score (nSPS) is 14.1. The number of carbonyl (C=O) groups is 1. The molecule has 0 aliphatic heterocycles. The number of hydrogen-bond acceptors (Lipinski definition) is 5. The van der Waals surface area contributed by atoms with Gasteiger partial charge in [-0.25, -0.2) is 4.79 Å². The summed E-state index contributed by atoms with van der Waals surface area (Å²) < 4.78 is 4.57. The maximum Gasteiger partial charge on any atom is 0.338 e. The summed E-state index contributed by atoms with van der Waals surface area (Å²) >= 11 is 11.3. The highest BCUT2D eigenvalue weighted by Gasteiger charge is 2.28. The highest BCUT2D eigenvalue weighted by molar-refractivity contribution is 6.37. The number of aliphatic hydroxyl groups excluding tert-OH is 2. The molecule has 5 nitrogen and oxygen atoms in total. The molecule has 0 amide bonds. The Morgan fingerprint density at radius 3 is 2.28 bits per heavy atom. The molecule has 2 atom stereocenters. The second kappa shape index (κ2) is 6.24. The van der Waals surface area contributed by atoms with Gasteiger partial charge in [-0.05, 0) is 24.6 Å². The van der Waals surface area contributed by atoms with E-state index >= 15 is 0 Å². The largest absolute Gasteiger partial charge is 0.505 e. The Bertz CT molecular complexity index is 426. The molecular formula is C11H12Cl2O5. The van der Waals surface area contributed by atoms with Crippen LogP contribution in [0.5, 0.6) is 5.75 Å². The Kier molecular flexibility index (Phi) is 5.22. The minimum atomic E-state index is -1.75. The first-order valence-corrected chi connectivity index (χ1v) is 5.84. The number of phenolic OH excluding ortho intramolecular Hbond substituents is 1. The summed E-state index contributed by atoms with van der Waals surface area (Å²) in [6.45, 7) is 1.66. The Hall–Kier alpha value is -1.01. The first kappa shape index (κ1) is 15.0. The molecule has 0 saturated carbocycles. The number of aromatic hydroxyl groups is 1. The standard InChI is InChI=1S/C11H12Cl2O5/c1-2-18-11(17)10(16)8(14)5-3-6(12)9(15)7(13)4-5/h3-4,8,10,14-16H,2H2,1H3. The van der Waals surface area contributed by atoms with Gasteiger partial charge >= 0.3 is 5.97 Å². The molecule has 0 bridgehead atoms. The smallest absolute Gasteiger partial charge is 0.338 e. The van der Waals surface area contributed by atoms with Crippen molar-refractivity contribution in [2.75, 3.05) is 6.61 Å². The van der Waals surface area contributed by atoms with Gasteiger partial charge in [-0.2, -0.15) is 0 Å². The third-order valence-corrected chi connectivity index (χ3v) is 2.78. The highest BCUT2D eigenvalue weighted by Crippen LogP contribution is 2.35. The lowest BCUT2D eigenvalue weighted by Crippen LogP contribution is -2.29. The van der Waals surface area contributed by atoms with Crippen LogP contribution in [0.1, 0.15) is 18.6 Å². The molecule has 100 valence electrons. The minimum absolute atomic E-state index is 0.0830. The molecule has 0 saturated heterocycles. The van der Waals surface area contributed by atoms with E-state index in [0.717, 1.165) is 0 Å². The zero-order valence-corrected chi connectivity index (χ0v) is 10.9. The van der Waals surface area contributed by atoms with E-state index < -0.39 is 18.2 Å². The number of halogens is 2. The summed E-state index contributed by atoms with van der Waals surface area (Å²) in [4.78, 5) is 11.2. The predicted octanol–water partition coefficient (Wildman–Crippen LogP) is 1.66. The molecule has 18 heavy (non-hydrogen) atoms. The molecule has 7 heteroatoms. The van der Waals surface area contributed by atoms with Gasteiger partial charge in [0.25, 0.3) is 0 Å². The molecular weight excluding hydrogens is 283 g/mol. The summed E-state index contributed by atoms with van der Waals surface area (Å²) in [6, 6.07) is 2.41. The molecule has 2 unspecified atom stereocenters. The van der Waals surface area contributed by atoms with Crippen molar-refractivity contribution in [2.24, 2.45) is 0 Å². The predicted molar refractivity (Wildman–Crippen MR) is 65.7 cm³/mol. The second-order valence-corrected chi connectivity index (χ2v) is 4.29. The quantitative estimate of drug-likeness (QED) is 0.735. The number of carbonyl (C=O) groups excluding carboxylic acids is 1. The fourth-order valence-corrected chi connectivity index (χ4v) is 1.80. The van der Waals surface area contributed by atoms with Crippen LogP contribution in [0.25, 0.3) is 0 Å². The van der Waals surface area contributed by atoms with Crippen molar-refractivity contribution in [3.8, 4) is 5.75 Å². The van der Waals surface area contributed by atoms with Gasteiger partial charge in [-0.15, -0.1) is 0 Å². The van der Waals surface area contributed by atoms with E-state index in [-0.39, 0.29) is 28.0 Å². The maximum atomic E-state index is 11.2. The van der Waals surface area contributed by atoms with Crippen molar-refractivity contribution in [3.63, 3.8) is 0 Å². The van der Waals surface area contributed by atoms with E-state index in [2.05, 4.69) is 4.74 Å². The lowest BCUT2D eigenvalue weighted by atomic mass is 10.0. The molecule has 0 radical (unpaired) electrons. The molecule has 1 rings (SSSR count). The van der Waals surface area contributed by atoms with Crippen LogP contribution in [0.15, 0.2) is 12.1 Å². The van der Waals surface area contributed by atoms with Gasteiger partial charge in [0.05, 0.1) is 16.7 Å². The van der Waals surface area contributed by atoms with Gasteiger partial charge in [0, 0.05) is 0 Å². The SMILES string of the molecule is CCOC(=O)C(O)C(O)c1cc(Cl)c(O)c(Cl)c1. The molecule has 1 aromatic carbocycles. The number of esters is 1. The third kappa shape index (κ3) is 3.26. The summed E-state index contributed by atoms with van der Waals surface area (Å²) in [5, 5.41) is 28.5.